The minimum absolute atomic E-state index is 0.0136. The molecule has 10 heteroatoms. The first-order valence-corrected chi connectivity index (χ1v) is 16.6. The molecule has 4 heterocycles. The van der Waals surface area contributed by atoms with E-state index in [1.807, 2.05) is 60.5 Å². The Morgan fingerprint density at radius 1 is 0.761 bits per heavy atom. The van der Waals surface area contributed by atoms with Gasteiger partial charge in [0, 0.05) is 74.6 Å². The molecule has 0 aliphatic carbocycles. The topological polar surface area (TPSA) is 95.0 Å². The third-order valence-electron chi connectivity index (χ3n) is 9.62. The molecule has 0 saturated carbocycles. The van der Waals surface area contributed by atoms with E-state index < -0.39 is 0 Å². The summed E-state index contributed by atoms with van der Waals surface area (Å²) in [5, 5.41) is 1.70. The third kappa shape index (κ3) is 5.87. The van der Waals surface area contributed by atoms with E-state index in [1.165, 1.54) is 4.90 Å². The molecule has 3 aromatic rings. The van der Waals surface area contributed by atoms with Crippen LogP contribution >= 0.6 is 0 Å². The summed E-state index contributed by atoms with van der Waals surface area (Å²) in [4.78, 5) is 52.4. The van der Waals surface area contributed by atoms with Crippen LogP contribution in [0.5, 0.6) is 11.5 Å². The van der Waals surface area contributed by atoms with Crippen molar-refractivity contribution in [2.75, 3.05) is 65.6 Å². The maximum absolute atomic E-state index is 13.2. The molecule has 3 amide bonds. The Bertz CT molecular complexity index is 1630. The second-order valence-electron chi connectivity index (χ2n) is 12.4. The second kappa shape index (κ2) is 13.2. The first-order valence-electron chi connectivity index (χ1n) is 16.6. The van der Waals surface area contributed by atoms with E-state index in [9.17, 15) is 14.4 Å². The molecule has 2 saturated heterocycles. The van der Waals surface area contributed by atoms with Crippen molar-refractivity contribution in [3.8, 4) is 11.5 Å². The van der Waals surface area contributed by atoms with Crippen molar-refractivity contribution in [3.05, 3.63) is 65.2 Å². The van der Waals surface area contributed by atoms with Crippen LogP contribution in [0.2, 0.25) is 0 Å². The summed E-state index contributed by atoms with van der Waals surface area (Å²) in [7, 11) is 0. The van der Waals surface area contributed by atoms with Gasteiger partial charge in [0.15, 0.2) is 11.5 Å². The SMILES string of the molecule is CCOc1cc2c(cc1OCCCCN1CCN(CCN3C(=O)c4cccc5cccc(c45)C3=O)CC1)N=C[C@@H]1CCCN1C2=O. The zero-order chi connectivity index (χ0) is 31.6. The Morgan fingerprint density at radius 3 is 2.17 bits per heavy atom. The van der Waals surface area contributed by atoms with Crippen LogP contribution in [0.3, 0.4) is 0 Å². The number of hydrogen-bond acceptors (Lipinski definition) is 8. The second-order valence-corrected chi connectivity index (χ2v) is 12.4. The zero-order valence-electron chi connectivity index (χ0n) is 26.5. The average Bonchev–Trinajstić information content (AvgIpc) is 3.51. The predicted octanol–water partition coefficient (Wildman–Crippen LogP) is 4.63. The van der Waals surface area contributed by atoms with Crippen molar-refractivity contribution < 1.29 is 23.9 Å². The van der Waals surface area contributed by atoms with E-state index in [0.29, 0.717) is 60.2 Å². The number of carbonyl (C=O) groups is 3. The average molecular weight is 624 g/mol. The lowest BCUT2D eigenvalue weighted by Gasteiger charge is -2.36. The molecule has 46 heavy (non-hydrogen) atoms. The van der Waals surface area contributed by atoms with Gasteiger partial charge in [0.2, 0.25) is 0 Å². The maximum Gasteiger partial charge on any atom is 0.261 e. The summed E-state index contributed by atoms with van der Waals surface area (Å²) < 4.78 is 12.0. The summed E-state index contributed by atoms with van der Waals surface area (Å²) in [6, 6.07) is 15.0. The zero-order valence-corrected chi connectivity index (χ0v) is 26.5. The van der Waals surface area contributed by atoms with Crippen LogP contribution < -0.4 is 9.47 Å². The Labute approximate surface area is 269 Å². The van der Waals surface area contributed by atoms with Gasteiger partial charge in [-0.1, -0.05) is 24.3 Å². The highest BCUT2D eigenvalue weighted by Crippen LogP contribution is 2.38. The summed E-state index contributed by atoms with van der Waals surface area (Å²) in [6.45, 7) is 9.51. The highest BCUT2D eigenvalue weighted by atomic mass is 16.5. The molecule has 3 aromatic carbocycles. The minimum Gasteiger partial charge on any atom is -0.490 e. The molecule has 0 spiro atoms. The molecular weight excluding hydrogens is 582 g/mol. The van der Waals surface area contributed by atoms with Gasteiger partial charge in [-0.25, -0.2) is 0 Å². The van der Waals surface area contributed by atoms with Crippen molar-refractivity contribution in [2.24, 2.45) is 4.99 Å². The van der Waals surface area contributed by atoms with E-state index in [2.05, 4.69) is 14.8 Å². The van der Waals surface area contributed by atoms with Crippen molar-refractivity contribution in [2.45, 2.75) is 38.6 Å². The number of fused-ring (bicyclic) bond motifs is 2. The Hall–Kier alpha value is -4.28. The third-order valence-corrected chi connectivity index (χ3v) is 9.62. The fourth-order valence-corrected chi connectivity index (χ4v) is 7.11. The predicted molar refractivity (Wildman–Crippen MR) is 177 cm³/mol. The molecule has 0 aromatic heterocycles. The highest BCUT2D eigenvalue weighted by molar-refractivity contribution is 6.25. The number of benzene rings is 3. The normalized spacial score (nSPS) is 19.8. The fourth-order valence-electron chi connectivity index (χ4n) is 7.11. The van der Waals surface area contributed by atoms with Gasteiger partial charge in [0.1, 0.15) is 0 Å². The van der Waals surface area contributed by atoms with Crippen molar-refractivity contribution in [1.82, 2.24) is 19.6 Å². The van der Waals surface area contributed by atoms with Crippen molar-refractivity contribution >= 4 is 40.4 Å². The number of amides is 3. The number of piperazine rings is 1. The molecule has 0 radical (unpaired) electrons. The van der Waals surface area contributed by atoms with Crippen molar-refractivity contribution in [1.29, 1.82) is 0 Å². The minimum atomic E-state index is -0.198. The smallest absolute Gasteiger partial charge is 0.261 e. The molecule has 1 atom stereocenters. The standard InChI is InChI=1S/C36H41N5O5/c1-2-45-31-22-29-30(37-24-26-10-7-14-40(26)36(29)44)23-32(31)46-21-4-3-13-38-15-17-39(18-16-38)19-20-41-34(42)27-11-5-8-25-9-6-12-28(33(25)27)35(41)43/h5-6,8-9,11-12,22-24,26H,2-4,7,10,13-21H2,1H3/t26-/m0/s1. The van der Waals surface area contributed by atoms with E-state index in [4.69, 9.17) is 9.47 Å². The first-order chi connectivity index (χ1) is 22.5. The molecule has 2 fully saturated rings. The van der Waals surface area contributed by atoms with Crippen LogP contribution in [-0.4, -0.2) is 115 Å². The Kier molecular flexibility index (Phi) is 8.73. The van der Waals surface area contributed by atoms with Crippen LogP contribution in [0.1, 0.15) is 63.7 Å². The molecular formula is C36H41N5O5. The van der Waals surface area contributed by atoms with Crippen molar-refractivity contribution in [3.63, 3.8) is 0 Å². The molecule has 240 valence electrons. The number of rotatable bonds is 11. The molecule has 4 aliphatic rings. The van der Waals surface area contributed by atoms with Gasteiger partial charge in [-0.2, -0.15) is 0 Å². The summed E-state index contributed by atoms with van der Waals surface area (Å²) in [5.74, 6) is 0.839. The number of unbranched alkanes of at least 4 members (excludes halogenated alkanes) is 1. The number of imide groups is 1. The van der Waals surface area contributed by atoms with Crippen LogP contribution in [-0.2, 0) is 0 Å². The molecule has 0 bridgehead atoms. The van der Waals surface area contributed by atoms with Gasteiger partial charge in [0.05, 0.1) is 30.5 Å². The van der Waals surface area contributed by atoms with Crippen LogP contribution in [0.4, 0.5) is 5.69 Å². The van der Waals surface area contributed by atoms with Gasteiger partial charge < -0.3 is 19.3 Å². The summed E-state index contributed by atoms with van der Waals surface area (Å²) >= 11 is 0. The molecule has 0 N–H and O–H groups in total. The van der Waals surface area contributed by atoms with Gasteiger partial charge in [-0.15, -0.1) is 0 Å². The Balaban J connectivity index is 0.861. The van der Waals surface area contributed by atoms with Crippen LogP contribution in [0, 0.1) is 0 Å². The Morgan fingerprint density at radius 2 is 1.46 bits per heavy atom. The number of nitrogens with zero attached hydrogens (tertiary/aromatic N) is 5. The maximum atomic E-state index is 13.2. The number of carbonyl (C=O) groups excluding carboxylic acids is 3. The molecule has 10 nitrogen and oxygen atoms in total. The number of ether oxygens (including phenoxy) is 2. The molecule has 7 rings (SSSR count). The van der Waals surface area contributed by atoms with Gasteiger partial charge in [-0.05, 0) is 62.7 Å². The van der Waals surface area contributed by atoms with E-state index >= 15 is 0 Å². The largest absolute Gasteiger partial charge is 0.490 e. The number of hydrogen-bond donors (Lipinski definition) is 0. The first kappa shape index (κ1) is 30.4. The van der Waals surface area contributed by atoms with Gasteiger partial charge in [-0.3, -0.25) is 29.2 Å². The number of aliphatic imine (C=N–C) groups is 1. The van der Waals surface area contributed by atoms with E-state index in [0.717, 1.165) is 75.7 Å². The van der Waals surface area contributed by atoms with Gasteiger partial charge >= 0.3 is 0 Å². The van der Waals surface area contributed by atoms with E-state index in [-0.39, 0.29) is 23.8 Å². The van der Waals surface area contributed by atoms with Crippen LogP contribution in [0.25, 0.3) is 10.8 Å². The summed E-state index contributed by atoms with van der Waals surface area (Å²) in [5.41, 5.74) is 2.45. The van der Waals surface area contributed by atoms with E-state index in [1.54, 1.807) is 6.07 Å². The summed E-state index contributed by atoms with van der Waals surface area (Å²) in [6.07, 6.45) is 5.75. The lowest BCUT2D eigenvalue weighted by Crippen LogP contribution is -2.50. The monoisotopic (exact) mass is 623 g/mol. The molecule has 4 aliphatic heterocycles. The van der Waals surface area contributed by atoms with Gasteiger partial charge in [0.25, 0.3) is 17.7 Å². The lowest BCUT2D eigenvalue weighted by molar-refractivity contribution is 0.0571. The molecule has 0 unspecified atom stereocenters. The quantitative estimate of drug-likeness (QED) is 0.227. The fraction of sp³-hybridized carbons (Fsp3) is 0.444. The highest BCUT2D eigenvalue weighted by Gasteiger charge is 2.34. The lowest BCUT2D eigenvalue weighted by atomic mass is 9.94. The van der Waals surface area contributed by atoms with Crippen LogP contribution in [0.15, 0.2) is 53.5 Å².